The second kappa shape index (κ2) is 7.58. The molecule has 0 spiro atoms. The maximum Gasteiger partial charge on any atom is 0.243 e. The lowest BCUT2D eigenvalue weighted by Crippen LogP contribution is -2.53. The summed E-state index contributed by atoms with van der Waals surface area (Å²) < 4.78 is 39.1. The Bertz CT molecular complexity index is 926. The molecule has 0 saturated heterocycles. The van der Waals surface area contributed by atoms with Gasteiger partial charge in [0.15, 0.2) is 0 Å². The van der Waals surface area contributed by atoms with E-state index in [1.807, 2.05) is 12.1 Å². The molecule has 1 aliphatic carbocycles. The number of hydrogen-bond acceptors (Lipinski definition) is 3. The molecular weight excluding hydrogens is 391 g/mol. The predicted octanol–water partition coefficient (Wildman–Crippen LogP) is 3.30. The van der Waals surface area contributed by atoms with Gasteiger partial charge in [-0.1, -0.05) is 23.7 Å². The summed E-state index contributed by atoms with van der Waals surface area (Å²) >= 11 is 5.93. The summed E-state index contributed by atoms with van der Waals surface area (Å²) in [7, 11) is -2.55. The highest BCUT2D eigenvalue weighted by Gasteiger charge is 2.40. The van der Waals surface area contributed by atoms with Gasteiger partial charge in [0.25, 0.3) is 0 Å². The number of benzene rings is 2. The minimum absolute atomic E-state index is 0.0599. The Morgan fingerprint density at radius 1 is 1.15 bits per heavy atom. The number of halogens is 2. The summed E-state index contributed by atoms with van der Waals surface area (Å²) in [5.74, 6) is -0.915. The third-order valence-electron chi connectivity index (χ3n) is 4.87. The molecule has 0 bridgehead atoms. The lowest BCUT2D eigenvalue weighted by Gasteiger charge is -2.43. The van der Waals surface area contributed by atoms with Gasteiger partial charge in [-0.2, -0.15) is 4.31 Å². The molecule has 27 heavy (non-hydrogen) atoms. The van der Waals surface area contributed by atoms with Crippen LogP contribution < -0.4 is 5.32 Å². The smallest absolute Gasteiger partial charge is 0.243 e. The van der Waals surface area contributed by atoms with E-state index in [-0.39, 0.29) is 11.4 Å². The van der Waals surface area contributed by atoms with Crippen LogP contribution in [-0.4, -0.2) is 32.2 Å². The molecule has 1 amide bonds. The zero-order chi connectivity index (χ0) is 19.7. The van der Waals surface area contributed by atoms with E-state index in [1.54, 1.807) is 12.1 Å². The SMILES string of the molecule is CN(CC(=O)NC1(c2ccc(Cl)cc2)CCC1)S(=O)(=O)c1ccc(F)cc1. The van der Waals surface area contributed by atoms with E-state index in [0.29, 0.717) is 5.02 Å². The Kier molecular flexibility index (Phi) is 5.55. The van der Waals surface area contributed by atoms with Crippen LogP contribution in [0.5, 0.6) is 0 Å². The molecule has 144 valence electrons. The molecule has 0 aliphatic heterocycles. The van der Waals surface area contributed by atoms with Crippen LogP contribution in [0.25, 0.3) is 0 Å². The Labute approximate surface area is 163 Å². The zero-order valence-corrected chi connectivity index (χ0v) is 16.4. The first-order valence-corrected chi connectivity index (χ1v) is 10.3. The molecule has 0 unspecified atom stereocenters. The number of nitrogens with zero attached hydrogens (tertiary/aromatic N) is 1. The average Bonchev–Trinajstić information content (AvgIpc) is 2.59. The molecule has 5 nitrogen and oxygen atoms in total. The molecule has 1 saturated carbocycles. The van der Waals surface area contributed by atoms with Gasteiger partial charge in [-0.05, 0) is 61.2 Å². The van der Waals surface area contributed by atoms with Crippen molar-refractivity contribution in [3.8, 4) is 0 Å². The Morgan fingerprint density at radius 3 is 2.26 bits per heavy atom. The van der Waals surface area contributed by atoms with E-state index in [4.69, 9.17) is 11.6 Å². The number of hydrogen-bond donors (Lipinski definition) is 1. The van der Waals surface area contributed by atoms with Gasteiger partial charge in [-0.3, -0.25) is 4.79 Å². The van der Waals surface area contributed by atoms with Gasteiger partial charge in [0.2, 0.25) is 15.9 Å². The molecule has 1 aliphatic rings. The molecular formula is C19H20ClFN2O3S. The van der Waals surface area contributed by atoms with Crippen LogP contribution in [0.1, 0.15) is 24.8 Å². The van der Waals surface area contributed by atoms with Crippen molar-refractivity contribution in [2.24, 2.45) is 0 Å². The molecule has 0 radical (unpaired) electrons. The van der Waals surface area contributed by atoms with E-state index in [0.717, 1.165) is 41.3 Å². The van der Waals surface area contributed by atoms with Gasteiger partial charge in [-0.25, -0.2) is 12.8 Å². The van der Waals surface area contributed by atoms with E-state index < -0.39 is 27.3 Å². The summed E-state index contributed by atoms with van der Waals surface area (Å²) in [5, 5.41) is 3.60. The number of carbonyl (C=O) groups excluding carboxylic acids is 1. The Hall–Kier alpha value is -1.96. The second-order valence-electron chi connectivity index (χ2n) is 6.71. The molecule has 3 rings (SSSR count). The summed E-state index contributed by atoms with van der Waals surface area (Å²) in [6.07, 6.45) is 2.55. The fourth-order valence-corrected chi connectivity index (χ4v) is 4.42. The van der Waals surface area contributed by atoms with E-state index >= 15 is 0 Å². The summed E-state index contributed by atoms with van der Waals surface area (Å²) in [5.41, 5.74) is 0.470. The number of likely N-dealkylation sites (N-methyl/N-ethyl adjacent to an activating group) is 1. The normalized spacial score (nSPS) is 16.0. The Morgan fingerprint density at radius 2 is 1.74 bits per heavy atom. The molecule has 0 heterocycles. The van der Waals surface area contributed by atoms with Crippen molar-refractivity contribution in [1.29, 1.82) is 0 Å². The standard InChI is InChI=1S/C19H20ClFN2O3S/c1-23(27(25,26)17-9-7-16(21)8-10-17)13-18(24)22-19(11-2-12-19)14-3-5-15(20)6-4-14/h3-10H,2,11-13H2,1H3,(H,22,24). The zero-order valence-electron chi connectivity index (χ0n) is 14.8. The molecule has 1 fully saturated rings. The number of nitrogens with one attached hydrogen (secondary N) is 1. The highest BCUT2D eigenvalue weighted by molar-refractivity contribution is 7.89. The van der Waals surface area contributed by atoms with Crippen molar-refractivity contribution in [1.82, 2.24) is 9.62 Å². The molecule has 1 N–H and O–H groups in total. The van der Waals surface area contributed by atoms with Gasteiger partial charge in [-0.15, -0.1) is 0 Å². The first-order chi connectivity index (χ1) is 12.7. The van der Waals surface area contributed by atoms with Crippen molar-refractivity contribution >= 4 is 27.5 Å². The van der Waals surface area contributed by atoms with Crippen LogP contribution >= 0.6 is 11.6 Å². The van der Waals surface area contributed by atoms with Crippen molar-refractivity contribution in [2.75, 3.05) is 13.6 Å². The maximum absolute atomic E-state index is 13.0. The van der Waals surface area contributed by atoms with Crippen LogP contribution in [0.3, 0.4) is 0 Å². The molecule has 0 aromatic heterocycles. The van der Waals surface area contributed by atoms with Crippen LogP contribution in [-0.2, 0) is 20.4 Å². The fraction of sp³-hybridized carbons (Fsp3) is 0.316. The van der Waals surface area contributed by atoms with Crippen LogP contribution in [0.4, 0.5) is 4.39 Å². The van der Waals surface area contributed by atoms with Crippen LogP contribution in [0.15, 0.2) is 53.4 Å². The van der Waals surface area contributed by atoms with Crippen molar-refractivity contribution in [2.45, 2.75) is 29.7 Å². The van der Waals surface area contributed by atoms with Crippen molar-refractivity contribution < 1.29 is 17.6 Å². The number of rotatable bonds is 6. The van der Waals surface area contributed by atoms with Crippen molar-refractivity contribution in [3.63, 3.8) is 0 Å². The van der Waals surface area contributed by atoms with Crippen LogP contribution in [0, 0.1) is 5.82 Å². The second-order valence-corrected chi connectivity index (χ2v) is 9.19. The summed E-state index contributed by atoms with van der Waals surface area (Å²) in [6, 6.07) is 11.8. The predicted molar refractivity (Wildman–Crippen MR) is 101 cm³/mol. The highest BCUT2D eigenvalue weighted by Crippen LogP contribution is 2.41. The molecule has 0 atom stereocenters. The number of carbonyl (C=O) groups is 1. The molecule has 2 aromatic carbocycles. The van der Waals surface area contributed by atoms with Gasteiger partial charge >= 0.3 is 0 Å². The maximum atomic E-state index is 13.0. The minimum Gasteiger partial charge on any atom is -0.345 e. The topological polar surface area (TPSA) is 66.5 Å². The van der Waals surface area contributed by atoms with Gasteiger partial charge in [0.05, 0.1) is 17.0 Å². The minimum atomic E-state index is -3.88. The highest BCUT2D eigenvalue weighted by atomic mass is 35.5. The van der Waals surface area contributed by atoms with Gasteiger partial charge < -0.3 is 5.32 Å². The average molecular weight is 411 g/mol. The quantitative estimate of drug-likeness (QED) is 0.794. The lowest BCUT2D eigenvalue weighted by molar-refractivity contribution is -0.124. The first kappa shape index (κ1) is 19.8. The van der Waals surface area contributed by atoms with Crippen LogP contribution in [0.2, 0.25) is 5.02 Å². The molecule has 8 heteroatoms. The summed E-state index contributed by atoms with van der Waals surface area (Å²) in [6.45, 7) is -0.324. The largest absolute Gasteiger partial charge is 0.345 e. The molecule has 2 aromatic rings. The lowest BCUT2D eigenvalue weighted by atomic mass is 9.72. The third-order valence-corrected chi connectivity index (χ3v) is 6.94. The van der Waals surface area contributed by atoms with Crippen molar-refractivity contribution in [3.05, 3.63) is 64.9 Å². The van der Waals surface area contributed by atoms with Gasteiger partial charge in [0.1, 0.15) is 5.82 Å². The monoisotopic (exact) mass is 410 g/mol. The number of sulfonamides is 1. The van der Waals surface area contributed by atoms with E-state index in [1.165, 1.54) is 19.2 Å². The fourth-order valence-electron chi connectivity index (χ4n) is 3.17. The Balaban J connectivity index is 1.71. The summed E-state index contributed by atoms with van der Waals surface area (Å²) in [4.78, 5) is 12.5. The van der Waals surface area contributed by atoms with E-state index in [2.05, 4.69) is 5.32 Å². The van der Waals surface area contributed by atoms with Gasteiger partial charge in [0, 0.05) is 12.1 Å². The van der Waals surface area contributed by atoms with E-state index in [9.17, 15) is 17.6 Å². The third kappa shape index (κ3) is 4.15. The first-order valence-electron chi connectivity index (χ1n) is 8.52. The number of amides is 1.